The Labute approximate surface area is 230 Å². The summed E-state index contributed by atoms with van der Waals surface area (Å²) in [5, 5.41) is 4.12. The Kier molecular flexibility index (Phi) is 8.14. The van der Waals surface area contributed by atoms with Crippen molar-refractivity contribution in [3.63, 3.8) is 0 Å². The summed E-state index contributed by atoms with van der Waals surface area (Å²) < 4.78 is 12.8. The molecule has 0 spiro atoms. The number of ether oxygens (including phenoxy) is 2. The van der Waals surface area contributed by atoms with E-state index in [1.165, 1.54) is 12.7 Å². The second-order valence-corrected chi connectivity index (χ2v) is 11.1. The van der Waals surface area contributed by atoms with Crippen LogP contribution in [0.4, 0.5) is 0 Å². The summed E-state index contributed by atoms with van der Waals surface area (Å²) in [4.78, 5) is 24.8. The fourth-order valence-electron chi connectivity index (χ4n) is 4.72. The minimum Gasteiger partial charge on any atom is -0.479 e. The molecule has 1 heterocycles. The van der Waals surface area contributed by atoms with Gasteiger partial charge >= 0.3 is 5.97 Å². The number of carbonyl (C=O) groups is 2. The van der Waals surface area contributed by atoms with Crippen LogP contribution in [-0.2, 0) is 28.0 Å². The molecule has 1 atom stereocenters. The van der Waals surface area contributed by atoms with Crippen molar-refractivity contribution in [3.8, 4) is 5.75 Å². The maximum atomic E-state index is 13.0. The third-order valence-electron chi connectivity index (χ3n) is 7.26. The van der Waals surface area contributed by atoms with Crippen LogP contribution in [0.1, 0.15) is 66.0 Å². The van der Waals surface area contributed by atoms with Crippen LogP contribution in [0.25, 0.3) is 10.9 Å². The molecule has 0 aliphatic carbocycles. The van der Waals surface area contributed by atoms with Crippen molar-refractivity contribution in [1.82, 2.24) is 9.88 Å². The molecule has 0 fully saturated rings. The summed E-state index contributed by atoms with van der Waals surface area (Å²) in [6.07, 6.45) is -0.686. The number of methoxy groups -OCH3 is 1. The molecule has 1 N–H and O–H groups in total. The van der Waals surface area contributed by atoms with E-state index in [4.69, 9.17) is 9.47 Å². The first-order valence-corrected chi connectivity index (χ1v) is 13.3. The number of aromatic nitrogens is 1. The number of aryl methyl sites for hydroxylation is 1. The van der Waals surface area contributed by atoms with Crippen LogP contribution >= 0.6 is 0 Å². The molecule has 1 aromatic heterocycles. The predicted octanol–water partition coefficient (Wildman–Crippen LogP) is 6.47. The van der Waals surface area contributed by atoms with E-state index in [1.807, 2.05) is 42.5 Å². The smallest absolute Gasteiger partial charge is 0.346 e. The highest BCUT2D eigenvalue weighted by molar-refractivity contribution is 5.99. The highest BCUT2D eigenvalue weighted by atomic mass is 16.6. The number of nitrogens with one attached hydrogen (secondary N) is 1. The van der Waals surface area contributed by atoms with Gasteiger partial charge in [-0.3, -0.25) is 4.79 Å². The first-order valence-electron chi connectivity index (χ1n) is 13.3. The van der Waals surface area contributed by atoms with Crippen LogP contribution in [0, 0.1) is 13.8 Å². The minimum absolute atomic E-state index is 0.0915. The van der Waals surface area contributed by atoms with Gasteiger partial charge in [-0.2, -0.15) is 0 Å². The standard InChI is InChI=1S/C33H38N2O4/c1-21-22(2)35(20-25-9-8-10-28(17-25)39-23(3)32(37)38-7)30-16-13-26(18-29(21)30)31(36)34-19-24-11-14-27(15-12-24)33(4,5)6/h8-18,23H,19-20H2,1-7H3,(H,34,36). The molecule has 39 heavy (non-hydrogen) atoms. The van der Waals surface area contributed by atoms with E-state index in [2.05, 4.69) is 68.8 Å². The number of hydrogen-bond acceptors (Lipinski definition) is 4. The zero-order valence-electron chi connectivity index (χ0n) is 23.9. The third-order valence-corrected chi connectivity index (χ3v) is 7.26. The lowest BCUT2D eigenvalue weighted by molar-refractivity contribution is -0.147. The molecule has 1 amide bonds. The van der Waals surface area contributed by atoms with E-state index in [-0.39, 0.29) is 11.3 Å². The number of amides is 1. The summed E-state index contributed by atoms with van der Waals surface area (Å²) in [5.41, 5.74) is 7.47. The van der Waals surface area contributed by atoms with Gasteiger partial charge in [-0.15, -0.1) is 0 Å². The highest BCUT2D eigenvalue weighted by Gasteiger charge is 2.17. The Morgan fingerprint density at radius 2 is 1.67 bits per heavy atom. The Balaban J connectivity index is 1.50. The van der Waals surface area contributed by atoms with Crippen molar-refractivity contribution in [2.45, 2.75) is 66.2 Å². The van der Waals surface area contributed by atoms with Gasteiger partial charge in [-0.25, -0.2) is 4.79 Å². The van der Waals surface area contributed by atoms with Crippen LogP contribution in [0.5, 0.6) is 5.75 Å². The van der Waals surface area contributed by atoms with Gasteiger partial charge in [-0.1, -0.05) is 57.2 Å². The summed E-state index contributed by atoms with van der Waals surface area (Å²) >= 11 is 0. The molecule has 6 nitrogen and oxygen atoms in total. The first kappa shape index (κ1) is 28.0. The SMILES string of the molecule is COC(=O)C(C)Oc1cccc(Cn2c(C)c(C)c3cc(C(=O)NCc4ccc(C(C)(C)C)cc4)ccc32)c1. The normalized spacial score (nSPS) is 12.3. The number of rotatable bonds is 8. The van der Waals surface area contributed by atoms with Crippen LogP contribution in [0.2, 0.25) is 0 Å². The van der Waals surface area contributed by atoms with Crippen LogP contribution in [0.3, 0.4) is 0 Å². The maximum absolute atomic E-state index is 13.0. The second kappa shape index (κ2) is 11.4. The van der Waals surface area contributed by atoms with Gasteiger partial charge in [-0.05, 0) is 78.8 Å². The van der Waals surface area contributed by atoms with Gasteiger partial charge in [0.25, 0.3) is 5.91 Å². The number of esters is 1. The Morgan fingerprint density at radius 1 is 0.949 bits per heavy atom. The summed E-state index contributed by atoms with van der Waals surface area (Å²) in [6, 6.07) is 22.0. The summed E-state index contributed by atoms with van der Waals surface area (Å²) in [7, 11) is 1.35. The van der Waals surface area contributed by atoms with E-state index in [0.717, 1.165) is 33.3 Å². The number of hydrogen-bond donors (Lipinski definition) is 1. The quantitative estimate of drug-likeness (QED) is 0.267. The number of carbonyl (C=O) groups excluding carboxylic acids is 2. The maximum Gasteiger partial charge on any atom is 0.346 e. The molecular formula is C33H38N2O4. The molecule has 0 saturated heterocycles. The van der Waals surface area contributed by atoms with E-state index in [9.17, 15) is 9.59 Å². The molecule has 4 aromatic rings. The number of fused-ring (bicyclic) bond motifs is 1. The third kappa shape index (κ3) is 6.33. The molecule has 4 rings (SSSR count). The Hall–Kier alpha value is -4.06. The average Bonchev–Trinajstić information content (AvgIpc) is 3.15. The van der Waals surface area contributed by atoms with E-state index in [0.29, 0.717) is 24.4 Å². The van der Waals surface area contributed by atoms with Crippen molar-refractivity contribution in [2.24, 2.45) is 0 Å². The zero-order chi connectivity index (χ0) is 28.3. The molecule has 0 bridgehead atoms. The van der Waals surface area contributed by atoms with Gasteiger partial charge in [0.2, 0.25) is 0 Å². The molecule has 0 aliphatic heterocycles. The van der Waals surface area contributed by atoms with Crippen molar-refractivity contribution >= 4 is 22.8 Å². The fourth-order valence-corrected chi connectivity index (χ4v) is 4.72. The molecule has 3 aromatic carbocycles. The lowest BCUT2D eigenvalue weighted by atomic mass is 9.87. The highest BCUT2D eigenvalue weighted by Crippen LogP contribution is 2.28. The summed E-state index contributed by atoms with van der Waals surface area (Å²) in [5.74, 6) is 0.107. The molecule has 0 saturated carbocycles. The number of benzene rings is 3. The monoisotopic (exact) mass is 526 g/mol. The molecule has 1 unspecified atom stereocenters. The minimum atomic E-state index is -0.686. The largest absolute Gasteiger partial charge is 0.479 e. The van der Waals surface area contributed by atoms with Crippen molar-refractivity contribution < 1.29 is 19.1 Å². The lowest BCUT2D eigenvalue weighted by Crippen LogP contribution is -2.24. The van der Waals surface area contributed by atoms with Crippen molar-refractivity contribution in [2.75, 3.05) is 7.11 Å². The van der Waals surface area contributed by atoms with Crippen molar-refractivity contribution in [3.05, 3.63) is 100 Å². The van der Waals surface area contributed by atoms with E-state index in [1.54, 1.807) is 6.92 Å². The van der Waals surface area contributed by atoms with Gasteiger partial charge in [0.15, 0.2) is 6.10 Å². The van der Waals surface area contributed by atoms with E-state index >= 15 is 0 Å². The van der Waals surface area contributed by atoms with Crippen LogP contribution < -0.4 is 10.1 Å². The molecule has 204 valence electrons. The van der Waals surface area contributed by atoms with Gasteiger partial charge < -0.3 is 19.4 Å². The Morgan fingerprint density at radius 3 is 2.33 bits per heavy atom. The zero-order valence-corrected chi connectivity index (χ0v) is 23.9. The topological polar surface area (TPSA) is 69.6 Å². The first-order chi connectivity index (χ1) is 18.5. The van der Waals surface area contributed by atoms with Gasteiger partial charge in [0.1, 0.15) is 5.75 Å². The predicted molar refractivity (Wildman–Crippen MR) is 155 cm³/mol. The second-order valence-electron chi connectivity index (χ2n) is 11.1. The van der Waals surface area contributed by atoms with Crippen LogP contribution in [-0.4, -0.2) is 29.7 Å². The molecule has 0 aliphatic rings. The molecule has 6 heteroatoms. The average molecular weight is 527 g/mol. The number of nitrogens with zero attached hydrogens (tertiary/aromatic N) is 1. The summed E-state index contributed by atoms with van der Waals surface area (Å²) in [6.45, 7) is 13.5. The Bertz CT molecular complexity index is 1490. The van der Waals surface area contributed by atoms with Crippen LogP contribution in [0.15, 0.2) is 66.7 Å². The lowest BCUT2D eigenvalue weighted by Gasteiger charge is -2.19. The van der Waals surface area contributed by atoms with Crippen molar-refractivity contribution in [1.29, 1.82) is 0 Å². The van der Waals surface area contributed by atoms with Gasteiger partial charge in [0, 0.05) is 35.2 Å². The fraction of sp³-hybridized carbons (Fsp3) is 0.333. The molecule has 0 radical (unpaired) electrons. The van der Waals surface area contributed by atoms with E-state index < -0.39 is 12.1 Å². The molecular weight excluding hydrogens is 488 g/mol. The van der Waals surface area contributed by atoms with Gasteiger partial charge in [0.05, 0.1) is 7.11 Å².